The van der Waals surface area contributed by atoms with Crippen molar-refractivity contribution in [3.05, 3.63) is 64.0 Å². The van der Waals surface area contributed by atoms with Crippen molar-refractivity contribution in [1.29, 1.82) is 0 Å². The van der Waals surface area contributed by atoms with Crippen molar-refractivity contribution in [3.8, 4) is 17.0 Å². The van der Waals surface area contributed by atoms with E-state index in [0.717, 1.165) is 16.1 Å². The Balaban J connectivity index is 1.43. The lowest BCUT2D eigenvalue weighted by molar-refractivity contribution is -0.166. The third kappa shape index (κ3) is 4.35. The van der Waals surface area contributed by atoms with Gasteiger partial charge in [0.15, 0.2) is 16.7 Å². The highest BCUT2D eigenvalue weighted by atomic mass is 32.1. The minimum Gasteiger partial charge on any atom is -0.507 e. The summed E-state index contributed by atoms with van der Waals surface area (Å²) in [6.07, 6.45) is -2.87. The van der Waals surface area contributed by atoms with Crippen molar-refractivity contribution in [2.75, 3.05) is 19.4 Å². The lowest BCUT2D eigenvalue weighted by atomic mass is 9.54. The molecule has 0 radical (unpaired) electrons. The van der Waals surface area contributed by atoms with Crippen LogP contribution in [0, 0.1) is 30.6 Å². The van der Waals surface area contributed by atoms with Gasteiger partial charge in [-0.1, -0.05) is 43.3 Å². The van der Waals surface area contributed by atoms with Gasteiger partial charge in [-0.2, -0.15) is 0 Å². The highest BCUT2D eigenvalue weighted by molar-refractivity contribution is 7.16. The maximum Gasteiger partial charge on any atom is 0.230 e. The Kier molecular flexibility index (Phi) is 7.36. The number of carbonyl (C=O) groups is 3. The summed E-state index contributed by atoms with van der Waals surface area (Å²) in [4.78, 5) is 47.1. The number of hydrogen-bond acceptors (Lipinski definition) is 11. The van der Waals surface area contributed by atoms with Gasteiger partial charge in [-0.15, -0.1) is 11.3 Å². The van der Waals surface area contributed by atoms with Gasteiger partial charge in [-0.25, -0.2) is 4.98 Å². The SMILES string of the molecule is Cc1sc(Nc2ccc3c(c2O)C(O)=C2C(=O)C4C(=O)C(C(N)=O)C(O)C(N(C)C)C4[C@@H](O)C2[C@H]3C)nc1-c1ccccc1. The summed E-state index contributed by atoms with van der Waals surface area (Å²) in [5.74, 6) is -9.28. The second-order valence-electron chi connectivity index (χ2n) is 12.1. The largest absolute Gasteiger partial charge is 0.507 e. The standard InChI is InChI=1S/C32H34N4O7S/c1-12-15-10-11-16(34-32-35-23(13(2)44-32)14-8-6-5-7-9-14)25(37)18(15)27(39)20-17(12)26(38)19-21(28(20)40)29(41)22(31(33)43)30(42)24(19)36(3)4/h5-12,17,19,21-22,24,26,30,37-39,42H,1-4H3,(H2,33,43)(H,34,35)/t12-,17?,19?,21?,22?,24?,26-,30?/m0/s1. The maximum absolute atomic E-state index is 14.1. The van der Waals surface area contributed by atoms with Gasteiger partial charge in [0.05, 0.1) is 35.1 Å². The number of nitrogens with zero attached hydrogens (tertiary/aromatic N) is 2. The Bertz CT molecular complexity index is 1720. The molecule has 2 saturated carbocycles. The molecule has 1 aromatic heterocycles. The van der Waals surface area contributed by atoms with Gasteiger partial charge in [-0.3, -0.25) is 14.4 Å². The number of nitrogens with one attached hydrogen (secondary N) is 1. The molecular weight excluding hydrogens is 584 g/mol. The fourth-order valence-corrected chi connectivity index (χ4v) is 8.34. The van der Waals surface area contributed by atoms with Gasteiger partial charge in [0.1, 0.15) is 17.4 Å². The van der Waals surface area contributed by atoms with Gasteiger partial charge in [0, 0.05) is 33.9 Å². The summed E-state index contributed by atoms with van der Waals surface area (Å²) in [5.41, 5.74) is 7.80. The zero-order chi connectivity index (χ0) is 31.8. The summed E-state index contributed by atoms with van der Waals surface area (Å²) < 4.78 is 0. The first-order valence-electron chi connectivity index (χ1n) is 14.3. The number of thiazole rings is 1. The molecular formula is C32H34N4O7S. The van der Waals surface area contributed by atoms with Crippen LogP contribution in [0.5, 0.6) is 5.75 Å². The Hall–Kier alpha value is -4.10. The summed E-state index contributed by atoms with van der Waals surface area (Å²) >= 11 is 1.39. The average molecular weight is 619 g/mol. The monoisotopic (exact) mass is 618 g/mol. The number of aliphatic hydroxyl groups excluding tert-OH is 3. The van der Waals surface area contributed by atoms with Crippen LogP contribution in [-0.2, 0) is 14.4 Å². The fraction of sp³-hybridized carbons (Fsp3) is 0.375. The number of ketones is 2. The molecule has 3 aliphatic rings. The number of nitrogens with two attached hydrogens (primary N) is 1. The Morgan fingerprint density at radius 1 is 1.05 bits per heavy atom. The summed E-state index contributed by atoms with van der Waals surface area (Å²) in [5, 5.41) is 49.5. The van der Waals surface area contributed by atoms with Crippen LogP contribution in [0.4, 0.5) is 10.8 Å². The van der Waals surface area contributed by atoms with Crippen LogP contribution in [0.15, 0.2) is 48.0 Å². The second kappa shape index (κ2) is 10.8. The van der Waals surface area contributed by atoms with E-state index in [1.54, 1.807) is 38.1 Å². The Morgan fingerprint density at radius 2 is 1.73 bits per heavy atom. The summed E-state index contributed by atoms with van der Waals surface area (Å²) in [6.45, 7) is 3.71. The van der Waals surface area contributed by atoms with Crippen molar-refractivity contribution < 1.29 is 34.8 Å². The highest BCUT2D eigenvalue weighted by Crippen LogP contribution is 2.55. The number of amides is 1. The molecule has 6 rings (SSSR count). The lowest BCUT2D eigenvalue weighted by Gasteiger charge is -2.53. The number of Topliss-reactive ketones (excluding diaryl/α,β-unsaturated/α-hetero) is 2. The third-order valence-corrected chi connectivity index (χ3v) is 10.3. The number of primary amides is 1. The first kappa shape index (κ1) is 29.9. The quantitative estimate of drug-likeness (QED) is 0.183. The fourth-order valence-electron chi connectivity index (χ4n) is 7.49. The van der Waals surface area contributed by atoms with E-state index in [1.807, 2.05) is 37.3 Å². The minimum atomic E-state index is -1.65. The summed E-state index contributed by atoms with van der Waals surface area (Å²) in [6, 6.07) is 12.1. The number of phenolic OH excluding ortho intramolecular Hbond substituents is 1. The molecule has 0 bridgehead atoms. The predicted octanol–water partition coefficient (Wildman–Crippen LogP) is 2.72. The molecule has 11 nitrogen and oxygen atoms in total. The number of likely N-dealkylation sites (N-methyl/N-ethyl adjacent to an activating group) is 1. The zero-order valence-electron chi connectivity index (χ0n) is 24.6. The molecule has 6 unspecified atom stereocenters. The Labute approximate surface area is 257 Å². The maximum atomic E-state index is 14.1. The molecule has 0 spiro atoms. The molecule has 7 N–H and O–H groups in total. The van der Waals surface area contributed by atoms with E-state index < -0.39 is 71.1 Å². The van der Waals surface area contributed by atoms with Crippen LogP contribution >= 0.6 is 11.3 Å². The molecule has 44 heavy (non-hydrogen) atoms. The number of fused-ring (bicyclic) bond motifs is 3. The molecule has 230 valence electrons. The molecule has 1 amide bonds. The second-order valence-corrected chi connectivity index (χ2v) is 13.3. The molecule has 12 heteroatoms. The number of aliphatic hydroxyl groups is 3. The molecule has 0 aliphatic heterocycles. The van der Waals surface area contributed by atoms with Crippen molar-refractivity contribution in [3.63, 3.8) is 0 Å². The number of aromatic nitrogens is 1. The zero-order valence-corrected chi connectivity index (χ0v) is 25.4. The lowest BCUT2D eigenvalue weighted by Crippen LogP contribution is -2.68. The van der Waals surface area contributed by atoms with Crippen molar-refractivity contribution in [2.24, 2.45) is 29.4 Å². The van der Waals surface area contributed by atoms with E-state index in [2.05, 4.69) is 10.3 Å². The Morgan fingerprint density at radius 3 is 2.36 bits per heavy atom. The van der Waals surface area contributed by atoms with E-state index in [9.17, 15) is 34.8 Å². The topological polar surface area (TPSA) is 186 Å². The number of benzene rings is 2. The molecule has 8 atom stereocenters. The van der Waals surface area contributed by atoms with Gasteiger partial charge >= 0.3 is 0 Å². The number of phenols is 1. The van der Waals surface area contributed by atoms with E-state index in [-0.39, 0.29) is 22.6 Å². The first-order chi connectivity index (χ1) is 20.8. The number of aryl methyl sites for hydroxylation is 1. The van der Waals surface area contributed by atoms with Crippen LogP contribution in [0.3, 0.4) is 0 Å². The smallest absolute Gasteiger partial charge is 0.230 e. The predicted molar refractivity (Wildman–Crippen MR) is 164 cm³/mol. The molecule has 2 aromatic carbocycles. The number of carbonyl (C=O) groups excluding carboxylic acids is 3. The summed E-state index contributed by atoms with van der Waals surface area (Å²) in [7, 11) is 3.25. The van der Waals surface area contributed by atoms with E-state index in [0.29, 0.717) is 10.7 Å². The van der Waals surface area contributed by atoms with E-state index in [4.69, 9.17) is 5.73 Å². The number of rotatable bonds is 5. The van der Waals surface area contributed by atoms with Crippen LogP contribution in [0.25, 0.3) is 17.0 Å². The van der Waals surface area contributed by atoms with Crippen LogP contribution < -0.4 is 11.1 Å². The van der Waals surface area contributed by atoms with E-state index >= 15 is 0 Å². The van der Waals surface area contributed by atoms with E-state index in [1.165, 1.54) is 11.3 Å². The van der Waals surface area contributed by atoms with Crippen LogP contribution in [-0.4, -0.2) is 80.1 Å². The van der Waals surface area contributed by atoms with Crippen molar-refractivity contribution in [2.45, 2.75) is 38.0 Å². The highest BCUT2D eigenvalue weighted by Gasteiger charge is 2.63. The van der Waals surface area contributed by atoms with Crippen molar-refractivity contribution >= 4 is 45.4 Å². The van der Waals surface area contributed by atoms with Crippen LogP contribution in [0.2, 0.25) is 0 Å². The van der Waals surface area contributed by atoms with Gasteiger partial charge < -0.3 is 36.4 Å². The minimum absolute atomic E-state index is 0.0169. The average Bonchev–Trinajstić information content (AvgIpc) is 3.34. The molecule has 3 aliphatic carbocycles. The van der Waals surface area contributed by atoms with Crippen molar-refractivity contribution in [1.82, 2.24) is 9.88 Å². The molecule has 0 saturated heterocycles. The number of anilines is 2. The first-order valence-corrected chi connectivity index (χ1v) is 15.2. The number of hydrogen-bond donors (Lipinski definition) is 6. The van der Waals surface area contributed by atoms with Gasteiger partial charge in [0.2, 0.25) is 5.91 Å². The molecule has 2 fully saturated rings. The third-order valence-electron chi connectivity index (χ3n) is 9.45. The van der Waals surface area contributed by atoms with Crippen LogP contribution in [0.1, 0.15) is 28.8 Å². The molecule has 1 heterocycles. The number of aromatic hydroxyl groups is 1. The van der Waals surface area contributed by atoms with Gasteiger partial charge in [-0.05, 0) is 38.6 Å². The molecule has 3 aromatic rings. The normalized spacial score (nSPS) is 29.7. The van der Waals surface area contributed by atoms with Gasteiger partial charge in [0.25, 0.3) is 0 Å².